The molecule has 0 aliphatic carbocycles. The van der Waals surface area contributed by atoms with Gasteiger partial charge in [0.05, 0.1) is 6.10 Å². The number of hydrogen-bond donors (Lipinski definition) is 1. The molecule has 15 heavy (non-hydrogen) atoms. The highest BCUT2D eigenvalue weighted by molar-refractivity contribution is 5.14. The Morgan fingerprint density at radius 3 is 2.53 bits per heavy atom. The van der Waals surface area contributed by atoms with Gasteiger partial charge in [0.1, 0.15) is 0 Å². The summed E-state index contributed by atoms with van der Waals surface area (Å²) in [4.78, 5) is 2.24. The summed E-state index contributed by atoms with van der Waals surface area (Å²) in [5, 5.41) is 9.45. The van der Waals surface area contributed by atoms with Crippen molar-refractivity contribution in [2.24, 2.45) is 0 Å². The van der Waals surface area contributed by atoms with Crippen LogP contribution in [0.4, 0.5) is 0 Å². The van der Waals surface area contributed by atoms with Crippen LogP contribution in [0.15, 0.2) is 30.3 Å². The summed E-state index contributed by atoms with van der Waals surface area (Å²) in [6.45, 7) is 3.92. The first-order valence-corrected chi connectivity index (χ1v) is 5.63. The summed E-state index contributed by atoms with van der Waals surface area (Å²) < 4.78 is 0. The van der Waals surface area contributed by atoms with Gasteiger partial charge in [0, 0.05) is 13.1 Å². The van der Waals surface area contributed by atoms with Crippen LogP contribution in [0.25, 0.3) is 0 Å². The molecule has 1 N–H and O–H groups in total. The molecule has 84 valence electrons. The summed E-state index contributed by atoms with van der Waals surface area (Å²) in [6, 6.07) is 10.4. The number of aliphatic hydroxyl groups excluding tert-OH is 1. The molecule has 0 unspecified atom stereocenters. The number of benzene rings is 1. The third-order valence-corrected chi connectivity index (χ3v) is 2.61. The second kappa shape index (κ2) is 6.59. The summed E-state index contributed by atoms with van der Waals surface area (Å²) in [5.41, 5.74) is 1.32. The van der Waals surface area contributed by atoms with Crippen molar-refractivity contribution >= 4 is 0 Å². The van der Waals surface area contributed by atoms with Crippen LogP contribution in [0.5, 0.6) is 0 Å². The smallest absolute Gasteiger partial charge is 0.0549 e. The zero-order chi connectivity index (χ0) is 11.1. The molecular weight excluding hydrogens is 186 g/mol. The molecule has 0 aliphatic heterocycles. The van der Waals surface area contributed by atoms with Crippen LogP contribution in [-0.4, -0.2) is 29.7 Å². The highest BCUT2D eigenvalue weighted by Crippen LogP contribution is 2.04. The van der Waals surface area contributed by atoms with Gasteiger partial charge in [0.15, 0.2) is 0 Å². The topological polar surface area (TPSA) is 23.5 Å². The van der Waals surface area contributed by atoms with Crippen molar-refractivity contribution in [1.29, 1.82) is 0 Å². The molecule has 0 amide bonds. The van der Waals surface area contributed by atoms with E-state index in [1.807, 2.05) is 13.0 Å². The average Bonchev–Trinajstić information content (AvgIpc) is 2.27. The minimum atomic E-state index is -0.150. The van der Waals surface area contributed by atoms with Crippen LogP contribution < -0.4 is 0 Å². The average molecular weight is 207 g/mol. The van der Waals surface area contributed by atoms with Gasteiger partial charge in [-0.15, -0.1) is 0 Å². The Kier molecular flexibility index (Phi) is 5.37. The SMILES string of the molecule is CC[C@H](O)CCN(C)Cc1ccccc1. The normalized spacial score (nSPS) is 13.1. The van der Waals surface area contributed by atoms with Crippen LogP contribution in [0.2, 0.25) is 0 Å². The van der Waals surface area contributed by atoms with Gasteiger partial charge in [0.2, 0.25) is 0 Å². The third kappa shape index (κ3) is 4.96. The van der Waals surface area contributed by atoms with Gasteiger partial charge in [-0.2, -0.15) is 0 Å². The van der Waals surface area contributed by atoms with Crippen molar-refractivity contribution < 1.29 is 5.11 Å². The molecule has 0 radical (unpaired) electrons. The quantitative estimate of drug-likeness (QED) is 0.773. The molecule has 0 saturated heterocycles. The van der Waals surface area contributed by atoms with E-state index in [1.165, 1.54) is 5.56 Å². The van der Waals surface area contributed by atoms with Gasteiger partial charge in [0.25, 0.3) is 0 Å². The van der Waals surface area contributed by atoms with Crippen molar-refractivity contribution in [2.75, 3.05) is 13.6 Å². The molecule has 0 bridgehead atoms. The standard InChI is InChI=1S/C13H21NO/c1-3-13(15)9-10-14(2)11-12-7-5-4-6-8-12/h4-8,13,15H,3,9-11H2,1-2H3/t13-/m0/s1. The van der Waals surface area contributed by atoms with E-state index in [-0.39, 0.29) is 6.10 Å². The Balaban J connectivity index is 2.27. The largest absolute Gasteiger partial charge is 0.393 e. The number of nitrogens with zero attached hydrogens (tertiary/aromatic N) is 1. The van der Waals surface area contributed by atoms with Crippen molar-refractivity contribution in [3.05, 3.63) is 35.9 Å². The van der Waals surface area contributed by atoms with Crippen LogP contribution >= 0.6 is 0 Å². The highest BCUT2D eigenvalue weighted by atomic mass is 16.3. The lowest BCUT2D eigenvalue weighted by molar-refractivity contribution is 0.142. The molecule has 0 spiro atoms. The third-order valence-electron chi connectivity index (χ3n) is 2.61. The van der Waals surface area contributed by atoms with Crippen LogP contribution in [0, 0.1) is 0 Å². The van der Waals surface area contributed by atoms with Crippen LogP contribution in [0.3, 0.4) is 0 Å². The molecule has 0 aliphatic rings. The fourth-order valence-corrected chi connectivity index (χ4v) is 1.55. The Morgan fingerprint density at radius 1 is 1.27 bits per heavy atom. The van der Waals surface area contributed by atoms with Crippen LogP contribution in [-0.2, 0) is 6.54 Å². The maximum absolute atomic E-state index is 9.45. The maximum atomic E-state index is 9.45. The molecule has 0 aromatic heterocycles. The van der Waals surface area contributed by atoms with E-state index in [2.05, 4.69) is 36.2 Å². The molecule has 1 rings (SSSR count). The summed E-state index contributed by atoms with van der Waals surface area (Å²) in [7, 11) is 2.09. The second-order valence-corrected chi connectivity index (χ2v) is 4.07. The zero-order valence-electron chi connectivity index (χ0n) is 9.69. The minimum Gasteiger partial charge on any atom is -0.393 e. The molecule has 0 fully saturated rings. The Bertz CT molecular complexity index is 260. The number of rotatable bonds is 6. The number of hydrogen-bond acceptors (Lipinski definition) is 2. The van der Waals surface area contributed by atoms with E-state index in [1.54, 1.807) is 0 Å². The van der Waals surface area contributed by atoms with Crippen molar-refractivity contribution in [3.63, 3.8) is 0 Å². The Labute approximate surface area is 92.5 Å². The molecule has 1 atom stereocenters. The number of aliphatic hydroxyl groups is 1. The lowest BCUT2D eigenvalue weighted by Crippen LogP contribution is -2.22. The monoisotopic (exact) mass is 207 g/mol. The molecule has 0 saturated carbocycles. The van der Waals surface area contributed by atoms with E-state index in [9.17, 15) is 5.11 Å². The van der Waals surface area contributed by atoms with Gasteiger partial charge in [-0.05, 0) is 25.5 Å². The summed E-state index contributed by atoms with van der Waals surface area (Å²) in [5.74, 6) is 0. The molecule has 2 heteroatoms. The van der Waals surface area contributed by atoms with E-state index in [0.29, 0.717) is 0 Å². The Hall–Kier alpha value is -0.860. The minimum absolute atomic E-state index is 0.150. The lowest BCUT2D eigenvalue weighted by atomic mass is 10.2. The predicted octanol–water partition coefficient (Wildman–Crippen LogP) is 2.28. The molecule has 1 aromatic carbocycles. The molecular formula is C13H21NO. The van der Waals surface area contributed by atoms with E-state index >= 15 is 0 Å². The first kappa shape index (κ1) is 12.2. The molecule has 2 nitrogen and oxygen atoms in total. The van der Waals surface area contributed by atoms with Crippen molar-refractivity contribution in [3.8, 4) is 0 Å². The van der Waals surface area contributed by atoms with Gasteiger partial charge < -0.3 is 10.0 Å². The first-order valence-electron chi connectivity index (χ1n) is 5.63. The maximum Gasteiger partial charge on any atom is 0.0549 e. The van der Waals surface area contributed by atoms with Gasteiger partial charge in [-0.25, -0.2) is 0 Å². The lowest BCUT2D eigenvalue weighted by Gasteiger charge is -2.18. The van der Waals surface area contributed by atoms with Gasteiger partial charge in [-0.1, -0.05) is 37.3 Å². The summed E-state index contributed by atoms with van der Waals surface area (Å²) in [6.07, 6.45) is 1.56. The Morgan fingerprint density at radius 2 is 1.93 bits per heavy atom. The molecule has 0 heterocycles. The first-order chi connectivity index (χ1) is 7.22. The van der Waals surface area contributed by atoms with Crippen molar-refractivity contribution in [1.82, 2.24) is 4.90 Å². The zero-order valence-corrected chi connectivity index (χ0v) is 9.69. The van der Waals surface area contributed by atoms with Crippen molar-refractivity contribution in [2.45, 2.75) is 32.4 Å². The second-order valence-electron chi connectivity index (χ2n) is 4.07. The summed E-state index contributed by atoms with van der Waals surface area (Å²) >= 11 is 0. The van der Waals surface area contributed by atoms with E-state index in [0.717, 1.165) is 25.9 Å². The van der Waals surface area contributed by atoms with E-state index < -0.39 is 0 Å². The highest BCUT2D eigenvalue weighted by Gasteiger charge is 2.04. The van der Waals surface area contributed by atoms with E-state index in [4.69, 9.17) is 0 Å². The predicted molar refractivity (Wildman–Crippen MR) is 63.7 cm³/mol. The van der Waals surface area contributed by atoms with Crippen LogP contribution in [0.1, 0.15) is 25.3 Å². The molecule has 1 aromatic rings. The van der Waals surface area contributed by atoms with Gasteiger partial charge >= 0.3 is 0 Å². The van der Waals surface area contributed by atoms with Gasteiger partial charge in [-0.3, -0.25) is 0 Å². The fraction of sp³-hybridized carbons (Fsp3) is 0.538. The fourth-order valence-electron chi connectivity index (χ4n) is 1.55.